The zero-order valence-corrected chi connectivity index (χ0v) is 9.24. The van der Waals surface area contributed by atoms with Crippen molar-refractivity contribution in [2.45, 2.75) is 32.2 Å². The Morgan fingerprint density at radius 1 is 1.60 bits per heavy atom. The van der Waals surface area contributed by atoms with Crippen molar-refractivity contribution in [2.24, 2.45) is 5.92 Å². The van der Waals surface area contributed by atoms with E-state index in [0.717, 1.165) is 18.9 Å². The normalized spacial score (nSPS) is 17.7. The van der Waals surface area contributed by atoms with Gasteiger partial charge in [-0.3, -0.25) is 0 Å². The van der Waals surface area contributed by atoms with Crippen LogP contribution in [0.1, 0.15) is 25.3 Å². The summed E-state index contributed by atoms with van der Waals surface area (Å²) in [6.45, 7) is 3.21. The summed E-state index contributed by atoms with van der Waals surface area (Å²) in [5, 5.41) is 3.55. The van der Waals surface area contributed by atoms with Gasteiger partial charge in [-0.1, -0.05) is 6.92 Å². The maximum Gasteiger partial charge on any atom is 0.123 e. The highest BCUT2D eigenvalue weighted by atomic mass is 14.9. The van der Waals surface area contributed by atoms with E-state index in [0.29, 0.717) is 11.9 Å². The molecule has 1 aliphatic rings. The molecule has 3 N–H and O–H groups in total. The molecule has 0 aromatic carbocycles. The second-order valence-electron chi connectivity index (χ2n) is 4.29. The van der Waals surface area contributed by atoms with Crippen LogP contribution in [0.3, 0.4) is 0 Å². The number of nitrogens with zero attached hydrogens (tertiary/aromatic N) is 1. The third-order valence-corrected chi connectivity index (χ3v) is 2.96. The van der Waals surface area contributed by atoms with Crippen LogP contribution in [0.4, 0.5) is 5.82 Å². The fourth-order valence-electron chi connectivity index (χ4n) is 2.04. The SMILES string of the molecule is CCNC(Cc1ccnc(N)c1)C1CC1. The Morgan fingerprint density at radius 3 is 3.00 bits per heavy atom. The predicted molar refractivity (Wildman–Crippen MR) is 62.5 cm³/mol. The molecule has 15 heavy (non-hydrogen) atoms. The minimum absolute atomic E-state index is 0.622. The number of pyridine rings is 1. The quantitative estimate of drug-likeness (QED) is 0.767. The first-order valence-electron chi connectivity index (χ1n) is 5.73. The number of nitrogens with two attached hydrogens (primary N) is 1. The molecule has 1 saturated carbocycles. The van der Waals surface area contributed by atoms with E-state index >= 15 is 0 Å². The minimum atomic E-state index is 0.622. The molecule has 0 amide bonds. The zero-order chi connectivity index (χ0) is 10.7. The van der Waals surface area contributed by atoms with Gasteiger partial charge in [0.15, 0.2) is 0 Å². The Kier molecular flexibility index (Phi) is 3.21. The van der Waals surface area contributed by atoms with Crippen molar-refractivity contribution in [3.05, 3.63) is 23.9 Å². The van der Waals surface area contributed by atoms with Crippen LogP contribution < -0.4 is 11.1 Å². The first kappa shape index (κ1) is 10.4. The highest BCUT2D eigenvalue weighted by molar-refractivity contribution is 5.32. The summed E-state index contributed by atoms with van der Waals surface area (Å²) in [5.41, 5.74) is 6.96. The largest absolute Gasteiger partial charge is 0.384 e. The molecular formula is C12H19N3. The molecule has 1 aliphatic carbocycles. The number of hydrogen-bond donors (Lipinski definition) is 2. The fourth-order valence-corrected chi connectivity index (χ4v) is 2.04. The van der Waals surface area contributed by atoms with Crippen molar-refractivity contribution in [1.82, 2.24) is 10.3 Å². The summed E-state index contributed by atoms with van der Waals surface area (Å²) < 4.78 is 0. The number of hydrogen-bond acceptors (Lipinski definition) is 3. The minimum Gasteiger partial charge on any atom is -0.384 e. The van der Waals surface area contributed by atoms with Crippen LogP contribution in [-0.4, -0.2) is 17.6 Å². The van der Waals surface area contributed by atoms with E-state index in [9.17, 15) is 0 Å². The van der Waals surface area contributed by atoms with Crippen molar-refractivity contribution in [3.63, 3.8) is 0 Å². The van der Waals surface area contributed by atoms with E-state index in [1.54, 1.807) is 6.20 Å². The molecule has 1 aromatic heterocycles. The summed E-state index contributed by atoms with van der Waals surface area (Å²) in [7, 11) is 0. The molecule has 0 radical (unpaired) electrons. The van der Waals surface area contributed by atoms with Crippen LogP contribution in [0, 0.1) is 5.92 Å². The number of nitrogens with one attached hydrogen (secondary N) is 1. The Labute approximate surface area is 91.1 Å². The molecule has 0 bridgehead atoms. The highest BCUT2D eigenvalue weighted by Crippen LogP contribution is 2.34. The predicted octanol–water partition coefficient (Wildman–Crippen LogP) is 1.59. The van der Waals surface area contributed by atoms with Crippen LogP contribution in [0.2, 0.25) is 0 Å². The van der Waals surface area contributed by atoms with Crippen LogP contribution >= 0.6 is 0 Å². The smallest absolute Gasteiger partial charge is 0.123 e. The zero-order valence-electron chi connectivity index (χ0n) is 9.24. The van der Waals surface area contributed by atoms with Gasteiger partial charge in [-0.05, 0) is 49.4 Å². The van der Waals surface area contributed by atoms with Gasteiger partial charge < -0.3 is 11.1 Å². The van der Waals surface area contributed by atoms with E-state index in [1.807, 2.05) is 6.07 Å². The van der Waals surface area contributed by atoms with E-state index in [1.165, 1.54) is 18.4 Å². The van der Waals surface area contributed by atoms with Gasteiger partial charge in [0.2, 0.25) is 0 Å². The first-order valence-corrected chi connectivity index (χ1v) is 5.73. The molecule has 1 aromatic rings. The van der Waals surface area contributed by atoms with Crippen molar-refractivity contribution in [2.75, 3.05) is 12.3 Å². The molecule has 1 heterocycles. The molecule has 1 atom stereocenters. The van der Waals surface area contributed by atoms with Gasteiger partial charge in [0.05, 0.1) is 0 Å². The monoisotopic (exact) mass is 205 g/mol. The van der Waals surface area contributed by atoms with E-state index in [4.69, 9.17) is 5.73 Å². The molecule has 0 spiro atoms. The van der Waals surface area contributed by atoms with Gasteiger partial charge in [0.1, 0.15) is 5.82 Å². The maximum atomic E-state index is 5.67. The molecule has 3 heteroatoms. The van der Waals surface area contributed by atoms with Gasteiger partial charge in [0, 0.05) is 12.2 Å². The lowest BCUT2D eigenvalue weighted by atomic mass is 10.0. The van der Waals surface area contributed by atoms with Crippen molar-refractivity contribution in [3.8, 4) is 0 Å². The molecular weight excluding hydrogens is 186 g/mol. The van der Waals surface area contributed by atoms with Gasteiger partial charge in [-0.25, -0.2) is 4.98 Å². The molecule has 1 fully saturated rings. The molecule has 2 rings (SSSR count). The van der Waals surface area contributed by atoms with E-state index < -0.39 is 0 Å². The Morgan fingerprint density at radius 2 is 2.40 bits per heavy atom. The average Bonchev–Trinajstić information content (AvgIpc) is 3.00. The topological polar surface area (TPSA) is 50.9 Å². The molecule has 0 aliphatic heterocycles. The molecule has 0 saturated heterocycles. The van der Waals surface area contributed by atoms with E-state index in [2.05, 4.69) is 23.3 Å². The van der Waals surface area contributed by atoms with Crippen molar-refractivity contribution < 1.29 is 0 Å². The lowest BCUT2D eigenvalue weighted by molar-refractivity contribution is 0.472. The number of anilines is 1. The summed E-state index contributed by atoms with van der Waals surface area (Å²) in [6, 6.07) is 4.66. The number of nitrogen functional groups attached to an aromatic ring is 1. The van der Waals surface area contributed by atoms with Crippen LogP contribution in [0.25, 0.3) is 0 Å². The second-order valence-corrected chi connectivity index (χ2v) is 4.29. The third-order valence-electron chi connectivity index (χ3n) is 2.96. The highest BCUT2D eigenvalue weighted by Gasteiger charge is 2.30. The Hall–Kier alpha value is -1.09. The number of aromatic nitrogens is 1. The molecule has 82 valence electrons. The van der Waals surface area contributed by atoms with Crippen molar-refractivity contribution in [1.29, 1.82) is 0 Å². The van der Waals surface area contributed by atoms with E-state index in [-0.39, 0.29) is 0 Å². The van der Waals surface area contributed by atoms with Gasteiger partial charge >= 0.3 is 0 Å². The fraction of sp³-hybridized carbons (Fsp3) is 0.583. The number of rotatable bonds is 5. The van der Waals surface area contributed by atoms with Crippen LogP contribution in [0.15, 0.2) is 18.3 Å². The summed E-state index contributed by atoms with van der Waals surface area (Å²) in [6.07, 6.45) is 5.61. The summed E-state index contributed by atoms with van der Waals surface area (Å²) >= 11 is 0. The van der Waals surface area contributed by atoms with Crippen LogP contribution in [-0.2, 0) is 6.42 Å². The summed E-state index contributed by atoms with van der Waals surface area (Å²) in [4.78, 5) is 4.01. The van der Waals surface area contributed by atoms with Gasteiger partial charge in [0.25, 0.3) is 0 Å². The third kappa shape index (κ3) is 2.93. The lowest BCUT2D eigenvalue weighted by Crippen LogP contribution is -2.32. The second kappa shape index (κ2) is 4.62. The summed E-state index contributed by atoms with van der Waals surface area (Å²) in [5.74, 6) is 1.50. The van der Waals surface area contributed by atoms with Crippen molar-refractivity contribution >= 4 is 5.82 Å². The van der Waals surface area contributed by atoms with Gasteiger partial charge in [-0.2, -0.15) is 0 Å². The number of likely N-dealkylation sites (N-methyl/N-ethyl adjacent to an activating group) is 1. The van der Waals surface area contributed by atoms with Crippen LogP contribution in [0.5, 0.6) is 0 Å². The molecule has 3 nitrogen and oxygen atoms in total. The molecule has 1 unspecified atom stereocenters. The first-order chi connectivity index (χ1) is 7.29. The standard InChI is InChI=1S/C12H19N3/c1-2-14-11(10-3-4-10)7-9-5-6-15-12(13)8-9/h5-6,8,10-11,14H,2-4,7H2,1H3,(H2,13,15). The Balaban J connectivity index is 1.98. The van der Waals surface area contributed by atoms with Gasteiger partial charge in [-0.15, -0.1) is 0 Å². The Bertz CT molecular complexity index is 320. The lowest BCUT2D eigenvalue weighted by Gasteiger charge is -2.17. The maximum absolute atomic E-state index is 5.67. The average molecular weight is 205 g/mol.